The molecule has 1 N–H and O–H groups in total. The first-order valence-corrected chi connectivity index (χ1v) is 9.02. The smallest absolute Gasteiger partial charge is 0.322 e. The van der Waals surface area contributed by atoms with Crippen molar-refractivity contribution in [3.05, 3.63) is 59.1 Å². The Morgan fingerprint density at radius 2 is 1.96 bits per heavy atom. The van der Waals surface area contributed by atoms with Gasteiger partial charge >= 0.3 is 6.03 Å². The van der Waals surface area contributed by atoms with Crippen molar-refractivity contribution < 1.29 is 9.53 Å². The second kappa shape index (κ2) is 8.26. The molecule has 1 aliphatic heterocycles. The number of nitrogens with one attached hydrogen (secondary N) is 1. The van der Waals surface area contributed by atoms with Gasteiger partial charge in [0, 0.05) is 17.3 Å². The van der Waals surface area contributed by atoms with Crippen molar-refractivity contribution in [1.82, 2.24) is 4.90 Å². The van der Waals surface area contributed by atoms with Gasteiger partial charge in [-0.2, -0.15) is 0 Å². The molecule has 1 atom stereocenters. The Morgan fingerprint density at radius 1 is 1.16 bits per heavy atom. The highest BCUT2D eigenvalue weighted by atomic mass is 35.5. The molecule has 1 saturated heterocycles. The van der Waals surface area contributed by atoms with E-state index >= 15 is 0 Å². The molecule has 0 saturated carbocycles. The van der Waals surface area contributed by atoms with E-state index in [1.807, 2.05) is 29.2 Å². The summed E-state index contributed by atoms with van der Waals surface area (Å²) in [5.41, 5.74) is 1.86. The number of nitrogens with zero attached hydrogens (tertiary/aromatic N) is 1. The van der Waals surface area contributed by atoms with E-state index in [0.717, 1.165) is 49.2 Å². The van der Waals surface area contributed by atoms with Crippen LogP contribution in [0, 0.1) is 0 Å². The van der Waals surface area contributed by atoms with Crippen LogP contribution in [0.25, 0.3) is 0 Å². The van der Waals surface area contributed by atoms with Gasteiger partial charge in [-0.15, -0.1) is 0 Å². The Labute approximate surface area is 153 Å². The number of hydrogen-bond donors (Lipinski definition) is 1. The van der Waals surface area contributed by atoms with E-state index in [4.69, 9.17) is 16.3 Å². The standard InChI is InChI=1S/C20H23ClN2O2/c1-25-18-11-9-15(10-12-18)19-8-3-2-4-13-23(19)20(24)22-17-7-5-6-16(21)14-17/h5-7,9-12,14,19H,2-4,8,13H2,1H3,(H,22,24)/t19-/m0/s1. The third-order valence-electron chi connectivity index (χ3n) is 4.59. The van der Waals surface area contributed by atoms with Gasteiger partial charge in [-0.3, -0.25) is 0 Å². The van der Waals surface area contributed by atoms with Crippen LogP contribution in [0.4, 0.5) is 10.5 Å². The molecule has 4 nitrogen and oxygen atoms in total. The zero-order valence-corrected chi connectivity index (χ0v) is 15.1. The minimum atomic E-state index is -0.0787. The molecule has 1 fully saturated rings. The maximum absolute atomic E-state index is 12.9. The van der Waals surface area contributed by atoms with Gasteiger partial charge in [-0.25, -0.2) is 4.79 Å². The SMILES string of the molecule is COc1ccc([C@@H]2CCCCCN2C(=O)Nc2cccc(Cl)c2)cc1. The van der Waals surface area contributed by atoms with E-state index in [0.29, 0.717) is 5.02 Å². The highest BCUT2D eigenvalue weighted by Gasteiger charge is 2.26. The van der Waals surface area contributed by atoms with Crippen LogP contribution < -0.4 is 10.1 Å². The quantitative estimate of drug-likeness (QED) is 0.787. The van der Waals surface area contributed by atoms with Crippen molar-refractivity contribution in [2.45, 2.75) is 31.7 Å². The molecule has 2 amide bonds. The molecule has 1 aliphatic rings. The van der Waals surface area contributed by atoms with Crippen molar-refractivity contribution >= 4 is 23.3 Å². The molecule has 2 aromatic carbocycles. The summed E-state index contributed by atoms with van der Waals surface area (Å²) in [6.07, 6.45) is 4.26. The molecule has 0 unspecified atom stereocenters. The largest absolute Gasteiger partial charge is 0.497 e. The van der Waals surface area contributed by atoms with Gasteiger partial charge in [0.15, 0.2) is 0 Å². The summed E-state index contributed by atoms with van der Waals surface area (Å²) < 4.78 is 5.24. The summed E-state index contributed by atoms with van der Waals surface area (Å²) in [6, 6.07) is 15.2. The number of likely N-dealkylation sites (tertiary alicyclic amines) is 1. The van der Waals surface area contributed by atoms with Crippen molar-refractivity contribution in [2.24, 2.45) is 0 Å². The second-order valence-electron chi connectivity index (χ2n) is 6.27. The van der Waals surface area contributed by atoms with E-state index in [1.165, 1.54) is 0 Å². The number of hydrogen-bond acceptors (Lipinski definition) is 2. The van der Waals surface area contributed by atoms with Gasteiger partial charge in [0.05, 0.1) is 13.2 Å². The van der Waals surface area contributed by atoms with Gasteiger partial charge in [-0.1, -0.05) is 42.6 Å². The van der Waals surface area contributed by atoms with E-state index in [2.05, 4.69) is 17.4 Å². The minimum Gasteiger partial charge on any atom is -0.497 e. The highest BCUT2D eigenvalue weighted by Crippen LogP contribution is 2.31. The Morgan fingerprint density at radius 3 is 2.68 bits per heavy atom. The third kappa shape index (κ3) is 4.45. The number of urea groups is 1. The number of halogens is 1. The molecule has 25 heavy (non-hydrogen) atoms. The zero-order valence-electron chi connectivity index (χ0n) is 14.4. The van der Waals surface area contributed by atoms with Crippen LogP contribution in [-0.4, -0.2) is 24.6 Å². The molecular formula is C20H23ClN2O2. The first kappa shape index (κ1) is 17.6. The van der Waals surface area contributed by atoms with Gasteiger partial charge in [0.25, 0.3) is 0 Å². The third-order valence-corrected chi connectivity index (χ3v) is 4.83. The number of carbonyl (C=O) groups excluding carboxylic acids is 1. The van der Waals surface area contributed by atoms with Crippen LogP contribution in [0.1, 0.15) is 37.3 Å². The number of ether oxygens (including phenoxy) is 1. The molecule has 2 aromatic rings. The number of anilines is 1. The summed E-state index contributed by atoms with van der Waals surface area (Å²) in [6.45, 7) is 0.753. The van der Waals surface area contributed by atoms with Crippen molar-refractivity contribution in [3.63, 3.8) is 0 Å². The zero-order chi connectivity index (χ0) is 17.6. The molecule has 3 rings (SSSR count). The van der Waals surface area contributed by atoms with Gasteiger partial charge in [-0.05, 0) is 48.7 Å². The van der Waals surface area contributed by atoms with Gasteiger partial charge in [0.2, 0.25) is 0 Å². The van der Waals surface area contributed by atoms with Crippen LogP contribution in [-0.2, 0) is 0 Å². The average molecular weight is 359 g/mol. The number of amides is 2. The molecule has 0 spiro atoms. The lowest BCUT2D eigenvalue weighted by molar-refractivity contribution is 0.189. The van der Waals surface area contributed by atoms with Gasteiger partial charge < -0.3 is 15.0 Å². The average Bonchev–Trinajstić information content (AvgIpc) is 2.88. The fourth-order valence-corrected chi connectivity index (χ4v) is 3.48. The number of rotatable bonds is 3. The molecule has 0 bridgehead atoms. The van der Waals surface area contributed by atoms with E-state index in [9.17, 15) is 4.79 Å². The minimum absolute atomic E-state index is 0.0765. The fourth-order valence-electron chi connectivity index (χ4n) is 3.29. The summed E-state index contributed by atoms with van der Waals surface area (Å²) >= 11 is 6.02. The van der Waals surface area contributed by atoms with E-state index in [-0.39, 0.29) is 12.1 Å². The van der Waals surface area contributed by atoms with Crippen LogP contribution in [0.3, 0.4) is 0 Å². The van der Waals surface area contributed by atoms with Gasteiger partial charge in [0.1, 0.15) is 5.75 Å². The number of carbonyl (C=O) groups is 1. The first-order valence-electron chi connectivity index (χ1n) is 8.64. The molecule has 5 heteroatoms. The lowest BCUT2D eigenvalue weighted by Crippen LogP contribution is -2.38. The molecular weight excluding hydrogens is 336 g/mol. The van der Waals surface area contributed by atoms with Crippen LogP contribution in [0.5, 0.6) is 5.75 Å². The van der Waals surface area contributed by atoms with Crippen LogP contribution >= 0.6 is 11.6 Å². The first-order chi connectivity index (χ1) is 12.2. The summed E-state index contributed by atoms with van der Waals surface area (Å²) in [4.78, 5) is 14.8. The lowest BCUT2D eigenvalue weighted by atomic mass is 10.0. The molecule has 1 heterocycles. The Hall–Kier alpha value is -2.20. The number of methoxy groups -OCH3 is 1. The maximum Gasteiger partial charge on any atom is 0.322 e. The monoisotopic (exact) mass is 358 g/mol. The topological polar surface area (TPSA) is 41.6 Å². The maximum atomic E-state index is 12.9. The predicted molar refractivity (Wildman–Crippen MR) is 101 cm³/mol. The Bertz CT molecular complexity index is 718. The highest BCUT2D eigenvalue weighted by molar-refractivity contribution is 6.30. The summed E-state index contributed by atoms with van der Waals surface area (Å²) in [5, 5.41) is 3.59. The lowest BCUT2D eigenvalue weighted by Gasteiger charge is -2.30. The van der Waals surface area contributed by atoms with Crippen LogP contribution in [0.2, 0.25) is 5.02 Å². The second-order valence-corrected chi connectivity index (χ2v) is 6.71. The number of benzene rings is 2. The molecule has 0 aliphatic carbocycles. The summed E-state index contributed by atoms with van der Waals surface area (Å²) in [5.74, 6) is 0.826. The summed E-state index contributed by atoms with van der Waals surface area (Å²) in [7, 11) is 1.66. The van der Waals surface area contributed by atoms with E-state index < -0.39 is 0 Å². The molecule has 0 aromatic heterocycles. The Kier molecular flexibility index (Phi) is 5.82. The van der Waals surface area contributed by atoms with Crippen molar-refractivity contribution in [3.8, 4) is 5.75 Å². The fraction of sp³-hybridized carbons (Fsp3) is 0.350. The van der Waals surface area contributed by atoms with Crippen molar-refractivity contribution in [1.29, 1.82) is 0 Å². The molecule has 132 valence electrons. The van der Waals surface area contributed by atoms with Crippen molar-refractivity contribution in [2.75, 3.05) is 19.0 Å². The normalized spacial score (nSPS) is 17.7. The van der Waals surface area contributed by atoms with E-state index in [1.54, 1.807) is 19.2 Å². The predicted octanol–water partition coefficient (Wildman–Crippen LogP) is 5.50. The van der Waals surface area contributed by atoms with Crippen LogP contribution in [0.15, 0.2) is 48.5 Å². The molecule has 0 radical (unpaired) electrons. The Balaban J connectivity index is 1.80.